The minimum Gasteiger partial charge on any atom is -0.481 e. The van der Waals surface area contributed by atoms with Crippen LogP contribution in [0.4, 0.5) is 0 Å². The van der Waals surface area contributed by atoms with Gasteiger partial charge in [0, 0.05) is 12.1 Å². The van der Waals surface area contributed by atoms with E-state index < -0.39 is 5.97 Å². The average molecular weight is 196 g/mol. The highest BCUT2D eigenvalue weighted by atomic mass is 16.5. The lowest BCUT2D eigenvalue weighted by Crippen LogP contribution is -2.31. The third-order valence-electron chi connectivity index (χ3n) is 2.49. The number of hydrogen-bond donors (Lipinski definition) is 2. The van der Waals surface area contributed by atoms with Crippen LogP contribution in [0.3, 0.4) is 0 Å². The van der Waals surface area contributed by atoms with E-state index in [0.717, 1.165) is 30.0 Å². The minimum atomic E-state index is -0.823. The average Bonchev–Trinajstić information content (AvgIpc) is 2.49. The van der Waals surface area contributed by atoms with E-state index in [4.69, 9.17) is 9.63 Å². The lowest BCUT2D eigenvalue weighted by molar-refractivity contribution is -0.137. The number of nitrogens with one attached hydrogen (secondary N) is 1. The Kier molecular flexibility index (Phi) is 2.25. The van der Waals surface area contributed by atoms with Gasteiger partial charge in [0.05, 0.1) is 12.5 Å². The number of aromatic nitrogens is 1. The van der Waals surface area contributed by atoms with Gasteiger partial charge in [-0.15, -0.1) is 0 Å². The molecule has 0 fully saturated rings. The predicted octanol–water partition coefficient (Wildman–Crippen LogP) is 0.645. The van der Waals surface area contributed by atoms with E-state index in [1.807, 2.05) is 6.92 Å². The summed E-state index contributed by atoms with van der Waals surface area (Å²) in [4.78, 5) is 10.6. The number of rotatable bonds is 2. The zero-order valence-corrected chi connectivity index (χ0v) is 7.91. The third kappa shape index (κ3) is 1.50. The van der Waals surface area contributed by atoms with Gasteiger partial charge in [-0.3, -0.25) is 4.79 Å². The van der Waals surface area contributed by atoms with E-state index in [-0.39, 0.29) is 12.5 Å². The molecule has 0 bridgehead atoms. The van der Waals surface area contributed by atoms with Gasteiger partial charge in [-0.1, -0.05) is 5.16 Å². The summed E-state index contributed by atoms with van der Waals surface area (Å²) in [5, 5.41) is 15.7. The SMILES string of the molecule is Cc1onc2c1CCNC2CC(=O)O. The number of nitrogens with zero attached hydrogens (tertiary/aromatic N) is 1. The number of aliphatic carboxylic acids is 1. The van der Waals surface area contributed by atoms with Gasteiger partial charge in [-0.2, -0.15) is 0 Å². The van der Waals surface area contributed by atoms with Crippen LogP contribution in [-0.2, 0) is 11.2 Å². The Morgan fingerprint density at radius 2 is 2.57 bits per heavy atom. The molecule has 0 saturated heterocycles. The molecule has 5 heteroatoms. The minimum absolute atomic E-state index is 0.0545. The van der Waals surface area contributed by atoms with Gasteiger partial charge < -0.3 is 14.9 Å². The Balaban J connectivity index is 2.27. The summed E-state index contributed by atoms with van der Waals surface area (Å²) in [7, 11) is 0. The molecule has 0 saturated carbocycles. The van der Waals surface area contributed by atoms with Crippen LogP contribution >= 0.6 is 0 Å². The first-order valence-corrected chi connectivity index (χ1v) is 4.58. The van der Waals surface area contributed by atoms with E-state index >= 15 is 0 Å². The van der Waals surface area contributed by atoms with Crippen molar-refractivity contribution in [3.05, 3.63) is 17.0 Å². The molecule has 2 rings (SSSR count). The molecule has 0 amide bonds. The molecule has 1 aliphatic rings. The molecular formula is C9H12N2O3. The number of fused-ring (bicyclic) bond motifs is 1. The molecule has 5 nitrogen and oxygen atoms in total. The van der Waals surface area contributed by atoms with E-state index in [9.17, 15) is 4.79 Å². The first-order chi connectivity index (χ1) is 6.68. The van der Waals surface area contributed by atoms with Gasteiger partial charge in [0.1, 0.15) is 11.5 Å². The van der Waals surface area contributed by atoms with Crippen LogP contribution in [0.5, 0.6) is 0 Å². The van der Waals surface area contributed by atoms with Crippen molar-refractivity contribution in [3.8, 4) is 0 Å². The quantitative estimate of drug-likeness (QED) is 0.726. The van der Waals surface area contributed by atoms with Crippen molar-refractivity contribution in [1.82, 2.24) is 10.5 Å². The van der Waals surface area contributed by atoms with Crippen LogP contribution < -0.4 is 5.32 Å². The maximum absolute atomic E-state index is 10.6. The second-order valence-corrected chi connectivity index (χ2v) is 3.46. The van der Waals surface area contributed by atoms with Gasteiger partial charge >= 0.3 is 5.97 Å². The molecule has 0 aliphatic carbocycles. The van der Waals surface area contributed by atoms with Crippen LogP contribution in [0.25, 0.3) is 0 Å². The molecule has 76 valence electrons. The predicted molar refractivity (Wildman–Crippen MR) is 47.9 cm³/mol. The highest BCUT2D eigenvalue weighted by Crippen LogP contribution is 2.26. The standard InChI is InChI=1S/C9H12N2O3/c1-5-6-2-3-10-7(4-8(12)13)9(6)11-14-5/h7,10H,2-4H2,1H3,(H,12,13). The summed E-state index contributed by atoms with van der Waals surface area (Å²) in [5.41, 5.74) is 1.83. The van der Waals surface area contributed by atoms with E-state index in [0.29, 0.717) is 0 Å². The lowest BCUT2D eigenvalue weighted by Gasteiger charge is -2.20. The molecule has 0 aromatic carbocycles. The Labute approximate surface area is 81.1 Å². The molecule has 0 radical (unpaired) electrons. The van der Waals surface area contributed by atoms with E-state index in [1.54, 1.807) is 0 Å². The van der Waals surface area contributed by atoms with Crippen molar-refractivity contribution in [3.63, 3.8) is 0 Å². The van der Waals surface area contributed by atoms with E-state index in [1.165, 1.54) is 0 Å². The first-order valence-electron chi connectivity index (χ1n) is 4.58. The summed E-state index contributed by atoms with van der Waals surface area (Å²) in [5.74, 6) is -0.0205. The monoisotopic (exact) mass is 196 g/mol. The number of carboxylic acids is 1. The van der Waals surface area contributed by atoms with Crippen molar-refractivity contribution in [2.45, 2.75) is 25.8 Å². The van der Waals surface area contributed by atoms with Crippen molar-refractivity contribution in [2.75, 3.05) is 6.54 Å². The molecule has 1 aromatic heterocycles. The van der Waals surface area contributed by atoms with Crippen LogP contribution in [0.15, 0.2) is 4.52 Å². The van der Waals surface area contributed by atoms with Crippen LogP contribution in [0, 0.1) is 6.92 Å². The maximum atomic E-state index is 10.6. The molecule has 1 unspecified atom stereocenters. The number of carbonyl (C=O) groups is 1. The fourth-order valence-electron chi connectivity index (χ4n) is 1.80. The summed E-state index contributed by atoms with van der Waals surface area (Å²) < 4.78 is 5.05. The topological polar surface area (TPSA) is 75.4 Å². The molecule has 1 atom stereocenters. The summed E-state index contributed by atoms with van der Waals surface area (Å²) in [6.07, 6.45) is 0.916. The summed E-state index contributed by atoms with van der Waals surface area (Å²) in [6, 6.07) is -0.200. The summed E-state index contributed by atoms with van der Waals surface area (Å²) >= 11 is 0. The van der Waals surface area contributed by atoms with Gasteiger partial charge in [-0.05, 0) is 13.3 Å². The molecule has 1 aliphatic heterocycles. The second kappa shape index (κ2) is 3.42. The van der Waals surface area contributed by atoms with Crippen molar-refractivity contribution >= 4 is 5.97 Å². The molecule has 2 heterocycles. The van der Waals surface area contributed by atoms with Gasteiger partial charge in [0.15, 0.2) is 0 Å². The number of aryl methyl sites for hydroxylation is 1. The fourth-order valence-corrected chi connectivity index (χ4v) is 1.80. The Bertz CT molecular complexity index is 359. The fraction of sp³-hybridized carbons (Fsp3) is 0.556. The lowest BCUT2D eigenvalue weighted by atomic mass is 9.98. The molecular weight excluding hydrogens is 184 g/mol. The van der Waals surface area contributed by atoms with Crippen molar-refractivity contribution < 1.29 is 14.4 Å². The number of carboxylic acid groups (broad SMARTS) is 1. The van der Waals surface area contributed by atoms with Gasteiger partial charge in [-0.25, -0.2) is 0 Å². The van der Waals surface area contributed by atoms with Crippen LogP contribution in [-0.4, -0.2) is 22.8 Å². The third-order valence-corrected chi connectivity index (χ3v) is 2.49. The second-order valence-electron chi connectivity index (χ2n) is 3.46. The Morgan fingerprint density at radius 1 is 1.79 bits per heavy atom. The van der Waals surface area contributed by atoms with Crippen molar-refractivity contribution in [1.29, 1.82) is 0 Å². The highest BCUT2D eigenvalue weighted by molar-refractivity contribution is 5.68. The maximum Gasteiger partial charge on any atom is 0.305 e. The largest absolute Gasteiger partial charge is 0.481 e. The Hall–Kier alpha value is -1.36. The molecule has 1 aromatic rings. The normalized spacial score (nSPS) is 20.5. The Morgan fingerprint density at radius 3 is 3.29 bits per heavy atom. The van der Waals surface area contributed by atoms with Crippen molar-refractivity contribution in [2.24, 2.45) is 0 Å². The zero-order valence-electron chi connectivity index (χ0n) is 7.91. The molecule has 14 heavy (non-hydrogen) atoms. The zero-order chi connectivity index (χ0) is 10.1. The highest BCUT2D eigenvalue weighted by Gasteiger charge is 2.27. The molecule has 0 spiro atoms. The van der Waals surface area contributed by atoms with E-state index in [2.05, 4.69) is 10.5 Å². The van der Waals surface area contributed by atoms with Crippen LogP contribution in [0.1, 0.15) is 29.5 Å². The van der Waals surface area contributed by atoms with Gasteiger partial charge in [0.25, 0.3) is 0 Å². The summed E-state index contributed by atoms with van der Waals surface area (Å²) in [6.45, 7) is 2.64. The number of hydrogen-bond acceptors (Lipinski definition) is 4. The first kappa shape index (κ1) is 9.21. The van der Waals surface area contributed by atoms with Gasteiger partial charge in [0.2, 0.25) is 0 Å². The van der Waals surface area contributed by atoms with Crippen LogP contribution in [0.2, 0.25) is 0 Å². The molecule has 2 N–H and O–H groups in total. The smallest absolute Gasteiger partial charge is 0.305 e.